The number of rotatable bonds is 6. The second kappa shape index (κ2) is 6.71. The number of nitrogens with zero attached hydrogens (tertiary/aromatic N) is 2. The van der Waals surface area contributed by atoms with Gasteiger partial charge in [0.05, 0.1) is 0 Å². The van der Waals surface area contributed by atoms with Crippen LogP contribution in [0.15, 0.2) is 0 Å². The smallest absolute Gasteiger partial charge is 0.223 e. The van der Waals surface area contributed by atoms with E-state index in [0.29, 0.717) is 17.9 Å². The molecule has 110 valence electrons. The summed E-state index contributed by atoms with van der Waals surface area (Å²) in [6.45, 7) is 9.92. The fourth-order valence-corrected chi connectivity index (χ4v) is 2.80. The van der Waals surface area contributed by atoms with Gasteiger partial charge in [-0.05, 0) is 32.2 Å². The van der Waals surface area contributed by atoms with E-state index in [1.165, 1.54) is 6.42 Å². The molecule has 4 heteroatoms. The Bertz CT molecular complexity index is 294. The molecule has 4 nitrogen and oxygen atoms in total. The summed E-state index contributed by atoms with van der Waals surface area (Å²) in [7, 11) is 2.18. The number of carbonyl (C=O) groups excluding carboxylic acids is 1. The van der Waals surface area contributed by atoms with Gasteiger partial charge in [0.25, 0.3) is 0 Å². The molecular weight excluding hydrogens is 238 g/mol. The van der Waals surface area contributed by atoms with E-state index < -0.39 is 0 Å². The molecular formula is C15H29N3O. The zero-order valence-corrected chi connectivity index (χ0v) is 12.7. The van der Waals surface area contributed by atoms with Crippen LogP contribution in [-0.2, 0) is 4.79 Å². The fourth-order valence-electron chi connectivity index (χ4n) is 2.80. The Kier molecular flexibility index (Phi) is 5.22. The summed E-state index contributed by atoms with van der Waals surface area (Å²) in [5, 5.41) is 3.16. The van der Waals surface area contributed by atoms with Crippen molar-refractivity contribution >= 4 is 5.91 Å². The molecule has 0 bridgehead atoms. The SMILES string of the molecule is CC(C)CC(CNC(=O)C1CC1)N1CCN(C)CC1. The molecule has 1 aliphatic heterocycles. The normalized spacial score (nSPS) is 23.6. The van der Waals surface area contributed by atoms with Crippen molar-refractivity contribution in [3.8, 4) is 0 Å². The summed E-state index contributed by atoms with van der Waals surface area (Å²) < 4.78 is 0. The van der Waals surface area contributed by atoms with Crippen LogP contribution < -0.4 is 5.32 Å². The highest BCUT2D eigenvalue weighted by Gasteiger charge is 2.30. The van der Waals surface area contributed by atoms with Gasteiger partial charge in [-0.25, -0.2) is 0 Å². The van der Waals surface area contributed by atoms with Crippen LogP contribution in [0.5, 0.6) is 0 Å². The minimum absolute atomic E-state index is 0.280. The third-order valence-electron chi connectivity index (χ3n) is 4.26. The van der Waals surface area contributed by atoms with Crippen LogP contribution in [0, 0.1) is 11.8 Å². The molecule has 1 N–H and O–H groups in total. The van der Waals surface area contributed by atoms with E-state index in [2.05, 4.69) is 36.0 Å². The number of hydrogen-bond acceptors (Lipinski definition) is 3. The molecule has 2 rings (SSSR count). The molecule has 0 aromatic heterocycles. The van der Waals surface area contributed by atoms with Gasteiger partial charge in [-0.2, -0.15) is 0 Å². The Morgan fingerprint density at radius 1 is 1.21 bits per heavy atom. The monoisotopic (exact) mass is 267 g/mol. The molecule has 0 spiro atoms. The third-order valence-corrected chi connectivity index (χ3v) is 4.26. The molecule has 1 amide bonds. The maximum atomic E-state index is 11.8. The zero-order valence-electron chi connectivity index (χ0n) is 12.7. The van der Waals surface area contributed by atoms with Crippen molar-refractivity contribution in [2.45, 2.75) is 39.2 Å². The lowest BCUT2D eigenvalue weighted by Gasteiger charge is -2.38. The average Bonchev–Trinajstić information content (AvgIpc) is 3.19. The number of likely N-dealkylation sites (N-methyl/N-ethyl adjacent to an activating group) is 1. The molecule has 1 aliphatic carbocycles. The summed E-state index contributed by atoms with van der Waals surface area (Å²) >= 11 is 0. The summed E-state index contributed by atoms with van der Waals surface area (Å²) in [6, 6.07) is 0.511. The van der Waals surface area contributed by atoms with Crippen LogP contribution in [0.3, 0.4) is 0 Å². The van der Waals surface area contributed by atoms with E-state index >= 15 is 0 Å². The Morgan fingerprint density at radius 2 is 1.84 bits per heavy atom. The van der Waals surface area contributed by atoms with E-state index in [0.717, 1.165) is 45.6 Å². The van der Waals surface area contributed by atoms with Gasteiger partial charge in [0.2, 0.25) is 5.91 Å². The van der Waals surface area contributed by atoms with E-state index in [4.69, 9.17) is 0 Å². The van der Waals surface area contributed by atoms with Crippen molar-refractivity contribution in [1.29, 1.82) is 0 Å². The summed E-state index contributed by atoms with van der Waals surface area (Å²) in [6.07, 6.45) is 3.36. The van der Waals surface area contributed by atoms with Crippen LogP contribution in [0.25, 0.3) is 0 Å². The van der Waals surface area contributed by atoms with E-state index in [9.17, 15) is 4.79 Å². The second-order valence-electron chi connectivity index (χ2n) is 6.64. The largest absolute Gasteiger partial charge is 0.354 e. The van der Waals surface area contributed by atoms with Gasteiger partial charge < -0.3 is 10.2 Å². The number of carbonyl (C=O) groups is 1. The van der Waals surface area contributed by atoms with Gasteiger partial charge in [0.15, 0.2) is 0 Å². The third kappa shape index (κ3) is 4.77. The van der Waals surface area contributed by atoms with Crippen molar-refractivity contribution in [2.75, 3.05) is 39.8 Å². The molecule has 0 aromatic carbocycles. The van der Waals surface area contributed by atoms with Gasteiger partial charge in [-0.1, -0.05) is 13.8 Å². The molecule has 1 saturated heterocycles. The maximum absolute atomic E-state index is 11.8. The lowest BCUT2D eigenvalue weighted by atomic mass is 10.0. The molecule has 2 fully saturated rings. The Hall–Kier alpha value is -0.610. The number of amides is 1. The predicted octanol–water partition coefficient (Wildman–Crippen LogP) is 1.17. The first-order valence-electron chi connectivity index (χ1n) is 7.76. The highest BCUT2D eigenvalue weighted by Crippen LogP contribution is 2.28. The van der Waals surface area contributed by atoms with Crippen molar-refractivity contribution < 1.29 is 4.79 Å². The average molecular weight is 267 g/mol. The van der Waals surface area contributed by atoms with Crippen molar-refractivity contribution in [3.05, 3.63) is 0 Å². The molecule has 1 atom stereocenters. The first-order valence-corrected chi connectivity index (χ1v) is 7.76. The van der Waals surface area contributed by atoms with Crippen molar-refractivity contribution in [1.82, 2.24) is 15.1 Å². The molecule has 0 aromatic rings. The van der Waals surface area contributed by atoms with Gasteiger partial charge in [-0.3, -0.25) is 9.69 Å². The highest BCUT2D eigenvalue weighted by molar-refractivity contribution is 5.80. The molecule has 1 unspecified atom stereocenters. The minimum atomic E-state index is 0.280. The number of piperazine rings is 1. The van der Waals surface area contributed by atoms with Gasteiger partial charge >= 0.3 is 0 Å². The van der Waals surface area contributed by atoms with E-state index in [-0.39, 0.29) is 5.91 Å². The van der Waals surface area contributed by atoms with Crippen LogP contribution in [0.1, 0.15) is 33.1 Å². The van der Waals surface area contributed by atoms with Crippen LogP contribution in [0.4, 0.5) is 0 Å². The first-order chi connectivity index (χ1) is 9.06. The summed E-state index contributed by atoms with van der Waals surface area (Å²) in [4.78, 5) is 16.7. The van der Waals surface area contributed by atoms with Crippen LogP contribution in [-0.4, -0.2) is 61.5 Å². The van der Waals surface area contributed by atoms with E-state index in [1.54, 1.807) is 0 Å². The Morgan fingerprint density at radius 3 is 2.37 bits per heavy atom. The second-order valence-corrected chi connectivity index (χ2v) is 6.64. The lowest BCUT2D eigenvalue weighted by Crippen LogP contribution is -2.52. The fraction of sp³-hybridized carbons (Fsp3) is 0.933. The maximum Gasteiger partial charge on any atom is 0.223 e. The summed E-state index contributed by atoms with van der Waals surface area (Å²) in [5.41, 5.74) is 0. The van der Waals surface area contributed by atoms with Gasteiger partial charge in [0, 0.05) is 44.7 Å². The van der Waals surface area contributed by atoms with Crippen molar-refractivity contribution in [3.63, 3.8) is 0 Å². The molecule has 2 aliphatic rings. The topological polar surface area (TPSA) is 35.6 Å². The van der Waals surface area contributed by atoms with Gasteiger partial charge in [-0.15, -0.1) is 0 Å². The predicted molar refractivity (Wildman–Crippen MR) is 78.0 cm³/mol. The highest BCUT2D eigenvalue weighted by atomic mass is 16.2. The standard InChI is InChI=1S/C15H29N3O/c1-12(2)10-14(11-16-15(19)13-4-5-13)18-8-6-17(3)7-9-18/h12-14H,4-11H2,1-3H3,(H,16,19). The first kappa shape index (κ1) is 14.8. The molecule has 1 saturated carbocycles. The zero-order chi connectivity index (χ0) is 13.8. The Balaban J connectivity index is 1.81. The van der Waals surface area contributed by atoms with Crippen LogP contribution >= 0.6 is 0 Å². The Labute approximate surface area is 117 Å². The lowest BCUT2D eigenvalue weighted by molar-refractivity contribution is -0.122. The van der Waals surface area contributed by atoms with Crippen LogP contribution in [0.2, 0.25) is 0 Å². The molecule has 0 radical (unpaired) electrons. The van der Waals surface area contributed by atoms with Crippen molar-refractivity contribution in [2.24, 2.45) is 11.8 Å². The minimum Gasteiger partial charge on any atom is -0.354 e. The quantitative estimate of drug-likeness (QED) is 0.785. The van der Waals surface area contributed by atoms with E-state index in [1.807, 2.05) is 0 Å². The van der Waals surface area contributed by atoms with Gasteiger partial charge in [0.1, 0.15) is 0 Å². The molecule has 1 heterocycles. The summed E-state index contributed by atoms with van der Waals surface area (Å²) in [5.74, 6) is 1.29. The molecule has 19 heavy (non-hydrogen) atoms. The number of hydrogen-bond donors (Lipinski definition) is 1. The number of nitrogens with one attached hydrogen (secondary N) is 1.